The summed E-state index contributed by atoms with van der Waals surface area (Å²) in [6.07, 6.45) is 6.74. The van der Waals surface area contributed by atoms with Crippen molar-refractivity contribution in [2.75, 3.05) is 14.2 Å². The van der Waals surface area contributed by atoms with Crippen molar-refractivity contribution in [2.45, 2.75) is 63.5 Å². The van der Waals surface area contributed by atoms with Crippen LogP contribution in [0.25, 0.3) is 0 Å². The van der Waals surface area contributed by atoms with Crippen LogP contribution in [-0.2, 0) is 20.8 Å². The van der Waals surface area contributed by atoms with Crippen molar-refractivity contribution in [1.29, 1.82) is 0 Å². The summed E-state index contributed by atoms with van der Waals surface area (Å²) < 4.78 is 16.6. The summed E-state index contributed by atoms with van der Waals surface area (Å²) in [4.78, 5) is 14.7. The highest BCUT2D eigenvalue weighted by Gasteiger charge is 2.39. The van der Waals surface area contributed by atoms with Crippen LogP contribution in [0.5, 0.6) is 0 Å². The third kappa shape index (κ3) is 4.27. The van der Waals surface area contributed by atoms with Crippen molar-refractivity contribution in [3.05, 3.63) is 47.5 Å². The van der Waals surface area contributed by atoms with E-state index in [0.29, 0.717) is 6.61 Å². The highest BCUT2D eigenvalue weighted by Crippen LogP contribution is 2.37. The Bertz CT molecular complexity index is 639. The molecule has 0 aliphatic carbocycles. The molecule has 1 aromatic carbocycles. The molecular formula is C21H29NO4. The van der Waals surface area contributed by atoms with Crippen LogP contribution in [-0.4, -0.2) is 43.1 Å². The maximum absolute atomic E-state index is 12.7. The average molecular weight is 359 g/mol. The van der Waals surface area contributed by atoms with Gasteiger partial charge in [-0.25, -0.2) is 4.79 Å². The molecule has 0 N–H and O–H groups in total. The van der Waals surface area contributed by atoms with Gasteiger partial charge in [-0.3, -0.25) is 4.90 Å². The first kappa shape index (κ1) is 18.9. The van der Waals surface area contributed by atoms with Gasteiger partial charge in [0, 0.05) is 26.7 Å². The van der Waals surface area contributed by atoms with E-state index in [1.54, 1.807) is 14.2 Å². The van der Waals surface area contributed by atoms with Crippen molar-refractivity contribution in [3.63, 3.8) is 0 Å². The second-order valence-corrected chi connectivity index (χ2v) is 7.35. The van der Waals surface area contributed by atoms with E-state index in [2.05, 4.69) is 6.08 Å². The van der Waals surface area contributed by atoms with Gasteiger partial charge in [-0.2, -0.15) is 0 Å². The second-order valence-electron chi connectivity index (χ2n) is 7.35. The molecule has 2 unspecified atom stereocenters. The fraction of sp³-hybridized carbons (Fsp3) is 0.571. The molecule has 142 valence electrons. The van der Waals surface area contributed by atoms with Gasteiger partial charge in [0.2, 0.25) is 0 Å². The quantitative estimate of drug-likeness (QED) is 0.562. The van der Waals surface area contributed by atoms with Crippen LogP contribution < -0.4 is 0 Å². The number of hydrogen-bond donors (Lipinski definition) is 0. The van der Waals surface area contributed by atoms with Crippen LogP contribution in [0.3, 0.4) is 0 Å². The molecule has 1 amide bonds. The van der Waals surface area contributed by atoms with Gasteiger partial charge in [-0.05, 0) is 38.2 Å². The van der Waals surface area contributed by atoms with Crippen LogP contribution in [0.4, 0.5) is 4.79 Å². The lowest BCUT2D eigenvalue weighted by atomic mass is 9.83. The number of nitrogens with zero attached hydrogens (tertiary/aromatic N) is 1. The summed E-state index contributed by atoms with van der Waals surface area (Å²) in [7, 11) is 3.34. The van der Waals surface area contributed by atoms with Gasteiger partial charge in [0.25, 0.3) is 0 Å². The Balaban J connectivity index is 1.67. The number of methoxy groups -OCH3 is 2. The van der Waals surface area contributed by atoms with Crippen LogP contribution >= 0.6 is 0 Å². The summed E-state index contributed by atoms with van der Waals surface area (Å²) in [6, 6.07) is 10.1. The number of piperidine rings is 1. The SMILES string of the molecule is COC(C)(CC1=CC2CCCC(C1)N2C(=O)OCc1ccccc1)OC. The van der Waals surface area contributed by atoms with Crippen molar-refractivity contribution >= 4 is 6.09 Å². The number of fused-ring (bicyclic) bond motifs is 2. The zero-order valence-corrected chi connectivity index (χ0v) is 15.9. The molecule has 2 aliphatic heterocycles. The number of amides is 1. The first-order chi connectivity index (χ1) is 12.5. The molecule has 2 aliphatic rings. The number of benzene rings is 1. The van der Waals surface area contributed by atoms with E-state index in [9.17, 15) is 4.79 Å². The van der Waals surface area contributed by atoms with E-state index in [1.807, 2.05) is 42.2 Å². The second kappa shape index (κ2) is 8.23. The number of rotatable bonds is 6. The lowest BCUT2D eigenvalue weighted by Crippen LogP contribution is -2.52. The van der Waals surface area contributed by atoms with Gasteiger partial charge in [0.1, 0.15) is 6.61 Å². The Morgan fingerprint density at radius 3 is 2.58 bits per heavy atom. The number of carbonyl (C=O) groups is 1. The predicted molar refractivity (Wildman–Crippen MR) is 99.6 cm³/mol. The summed E-state index contributed by atoms with van der Waals surface area (Å²) >= 11 is 0. The summed E-state index contributed by atoms with van der Waals surface area (Å²) in [5, 5.41) is 0. The van der Waals surface area contributed by atoms with Gasteiger partial charge in [-0.1, -0.05) is 42.0 Å². The minimum atomic E-state index is -0.615. The predicted octanol–water partition coefficient (Wildman–Crippen LogP) is 4.28. The van der Waals surface area contributed by atoms with Crippen molar-refractivity contribution in [2.24, 2.45) is 0 Å². The maximum atomic E-state index is 12.7. The van der Waals surface area contributed by atoms with Crippen LogP contribution in [0, 0.1) is 0 Å². The minimum Gasteiger partial charge on any atom is -0.445 e. The van der Waals surface area contributed by atoms with Crippen LogP contribution in [0.1, 0.15) is 44.6 Å². The van der Waals surface area contributed by atoms with Gasteiger partial charge in [0.05, 0.1) is 6.04 Å². The number of hydrogen-bond acceptors (Lipinski definition) is 4. The highest BCUT2D eigenvalue weighted by atomic mass is 16.7. The lowest BCUT2D eigenvalue weighted by molar-refractivity contribution is -0.192. The third-order valence-corrected chi connectivity index (χ3v) is 5.54. The molecule has 2 heterocycles. The van der Waals surface area contributed by atoms with E-state index in [4.69, 9.17) is 14.2 Å². The van der Waals surface area contributed by atoms with Crippen molar-refractivity contribution in [1.82, 2.24) is 4.90 Å². The number of ether oxygens (including phenoxy) is 3. The molecule has 5 nitrogen and oxygen atoms in total. The summed E-state index contributed by atoms with van der Waals surface area (Å²) in [5.41, 5.74) is 2.31. The smallest absolute Gasteiger partial charge is 0.410 e. The lowest BCUT2D eigenvalue weighted by Gasteiger charge is -2.45. The Kier molecular flexibility index (Phi) is 5.99. The fourth-order valence-electron chi connectivity index (χ4n) is 3.97. The molecule has 0 spiro atoms. The Hall–Kier alpha value is -1.85. The average Bonchev–Trinajstić information content (AvgIpc) is 2.66. The molecule has 1 fully saturated rings. The number of carbonyl (C=O) groups excluding carboxylic acids is 1. The van der Waals surface area contributed by atoms with Crippen LogP contribution in [0.2, 0.25) is 0 Å². The van der Waals surface area contributed by atoms with Crippen molar-refractivity contribution < 1.29 is 19.0 Å². The van der Waals surface area contributed by atoms with Gasteiger partial charge < -0.3 is 14.2 Å². The Labute approximate surface area is 155 Å². The van der Waals surface area contributed by atoms with E-state index in [1.165, 1.54) is 5.57 Å². The highest BCUT2D eigenvalue weighted by molar-refractivity contribution is 5.69. The topological polar surface area (TPSA) is 48.0 Å². The van der Waals surface area contributed by atoms with Crippen LogP contribution in [0.15, 0.2) is 42.0 Å². The molecule has 2 atom stereocenters. The van der Waals surface area contributed by atoms with E-state index in [-0.39, 0.29) is 18.2 Å². The van der Waals surface area contributed by atoms with E-state index in [0.717, 1.165) is 37.7 Å². The Morgan fingerprint density at radius 2 is 1.92 bits per heavy atom. The molecule has 2 bridgehead atoms. The summed E-state index contributed by atoms with van der Waals surface area (Å²) in [5.74, 6) is -0.615. The Morgan fingerprint density at radius 1 is 1.19 bits per heavy atom. The van der Waals surface area contributed by atoms with Gasteiger partial charge in [0.15, 0.2) is 5.79 Å². The molecule has 5 heteroatoms. The van der Waals surface area contributed by atoms with Gasteiger partial charge >= 0.3 is 6.09 Å². The molecule has 1 aromatic rings. The molecule has 3 rings (SSSR count). The zero-order valence-electron chi connectivity index (χ0n) is 15.9. The van der Waals surface area contributed by atoms with E-state index >= 15 is 0 Å². The maximum Gasteiger partial charge on any atom is 0.410 e. The van der Waals surface area contributed by atoms with Crippen molar-refractivity contribution in [3.8, 4) is 0 Å². The van der Waals surface area contributed by atoms with Gasteiger partial charge in [-0.15, -0.1) is 0 Å². The first-order valence-electron chi connectivity index (χ1n) is 9.33. The third-order valence-electron chi connectivity index (χ3n) is 5.54. The largest absolute Gasteiger partial charge is 0.445 e. The fourth-order valence-corrected chi connectivity index (χ4v) is 3.97. The molecule has 0 radical (unpaired) electrons. The summed E-state index contributed by atoms with van der Waals surface area (Å²) in [6.45, 7) is 2.27. The molecule has 26 heavy (non-hydrogen) atoms. The zero-order chi connectivity index (χ0) is 18.6. The first-order valence-corrected chi connectivity index (χ1v) is 9.33. The molecule has 0 aromatic heterocycles. The molecule has 0 saturated carbocycles. The standard InChI is InChI=1S/C21H29NO4/c1-21(24-2,25-3)14-17-12-18-10-7-11-19(13-17)22(18)20(23)26-15-16-8-5-4-6-9-16/h4-6,8-9,12,18-19H,7,10-11,13-15H2,1-3H3. The monoisotopic (exact) mass is 359 g/mol. The normalized spacial score (nSPS) is 22.7. The minimum absolute atomic E-state index is 0.110. The molecule has 1 saturated heterocycles. The van der Waals surface area contributed by atoms with E-state index < -0.39 is 5.79 Å². The molecular weight excluding hydrogens is 330 g/mol.